The molecule has 3 heterocycles. The summed E-state index contributed by atoms with van der Waals surface area (Å²) in [6.07, 6.45) is 3.87. The summed E-state index contributed by atoms with van der Waals surface area (Å²) in [5, 5.41) is 1.05. The van der Waals surface area contributed by atoms with E-state index in [0.717, 1.165) is 60.3 Å². The van der Waals surface area contributed by atoms with E-state index in [0.29, 0.717) is 0 Å². The van der Waals surface area contributed by atoms with E-state index in [1.165, 1.54) is 11.5 Å². The molecule has 2 aromatic heterocycles. The number of pyridine rings is 1. The first-order valence-electron chi connectivity index (χ1n) is 7.20. The third-order valence-electron chi connectivity index (χ3n) is 3.58. The second-order valence-corrected chi connectivity index (χ2v) is 6.65. The summed E-state index contributed by atoms with van der Waals surface area (Å²) in [6, 6.07) is 4.11. The van der Waals surface area contributed by atoms with E-state index in [4.69, 9.17) is 0 Å². The van der Waals surface area contributed by atoms with Gasteiger partial charge in [0.2, 0.25) is 5.13 Å². The molecule has 0 atom stereocenters. The summed E-state index contributed by atoms with van der Waals surface area (Å²) >= 11 is 4.94. The Morgan fingerprint density at radius 1 is 1.19 bits per heavy atom. The molecule has 0 N–H and O–H groups in total. The molecule has 0 unspecified atom stereocenters. The van der Waals surface area contributed by atoms with Gasteiger partial charge < -0.3 is 9.80 Å². The minimum atomic E-state index is 0.902. The van der Waals surface area contributed by atoms with Gasteiger partial charge in [0.1, 0.15) is 11.6 Å². The summed E-state index contributed by atoms with van der Waals surface area (Å²) in [6.45, 7) is 6.09. The first kappa shape index (κ1) is 14.7. The van der Waals surface area contributed by atoms with Crippen molar-refractivity contribution in [2.45, 2.75) is 19.8 Å². The molecule has 1 fully saturated rings. The highest BCUT2D eigenvalue weighted by Crippen LogP contribution is 2.21. The summed E-state index contributed by atoms with van der Waals surface area (Å²) in [4.78, 5) is 13.8. The Morgan fingerprint density at radius 2 is 2.00 bits per heavy atom. The van der Waals surface area contributed by atoms with Gasteiger partial charge >= 0.3 is 0 Å². The van der Waals surface area contributed by atoms with Crippen molar-refractivity contribution in [3.8, 4) is 0 Å². The Labute approximate surface area is 137 Å². The van der Waals surface area contributed by atoms with E-state index < -0.39 is 0 Å². The fraction of sp³-hybridized carbons (Fsp3) is 0.500. The summed E-state index contributed by atoms with van der Waals surface area (Å²) in [5.74, 6) is 2.00. The first-order valence-corrected chi connectivity index (χ1v) is 8.77. The van der Waals surface area contributed by atoms with Crippen LogP contribution < -0.4 is 9.80 Å². The Morgan fingerprint density at radius 3 is 2.71 bits per heavy atom. The molecule has 0 aromatic carbocycles. The van der Waals surface area contributed by atoms with Crippen molar-refractivity contribution in [2.75, 3.05) is 36.0 Å². The number of aromatic nitrogens is 3. The lowest BCUT2D eigenvalue weighted by atomic mass is 10.3. The van der Waals surface area contributed by atoms with Gasteiger partial charge in [0.15, 0.2) is 0 Å². The van der Waals surface area contributed by atoms with Crippen molar-refractivity contribution in [3.63, 3.8) is 0 Å². The van der Waals surface area contributed by atoms with Crippen molar-refractivity contribution >= 4 is 38.4 Å². The molecule has 0 amide bonds. The molecule has 7 heteroatoms. The molecule has 0 radical (unpaired) electrons. The van der Waals surface area contributed by atoms with Crippen molar-refractivity contribution in [2.24, 2.45) is 0 Å². The Kier molecular flexibility index (Phi) is 4.70. The third kappa shape index (κ3) is 3.52. The standard InChI is InChI=1S/C14H18BrN5S/c1-2-12-17-14(21-18-12)20-7-3-6-19(8-9-20)13-5-4-11(15)10-16-13/h4-5,10H,2-3,6-9H2,1H3. The molecule has 1 saturated heterocycles. The zero-order valence-electron chi connectivity index (χ0n) is 12.0. The number of halogens is 1. The topological polar surface area (TPSA) is 45.2 Å². The SMILES string of the molecule is CCc1nsc(N2CCCN(c3ccc(Br)cn3)CC2)n1. The van der Waals surface area contributed by atoms with Crippen LogP contribution in [0.15, 0.2) is 22.8 Å². The predicted octanol–water partition coefficient (Wildman–Crippen LogP) is 2.97. The van der Waals surface area contributed by atoms with E-state index in [9.17, 15) is 0 Å². The van der Waals surface area contributed by atoms with Gasteiger partial charge in [0, 0.05) is 54.8 Å². The highest BCUT2D eigenvalue weighted by atomic mass is 79.9. The Bertz CT molecular complexity index is 585. The van der Waals surface area contributed by atoms with Gasteiger partial charge in [0.25, 0.3) is 0 Å². The van der Waals surface area contributed by atoms with Gasteiger partial charge in [-0.2, -0.15) is 4.37 Å². The molecule has 3 rings (SSSR count). The fourth-order valence-corrected chi connectivity index (χ4v) is 3.45. The lowest BCUT2D eigenvalue weighted by Gasteiger charge is -2.22. The Hall–Kier alpha value is -1.21. The van der Waals surface area contributed by atoms with Crippen LogP contribution in [0.2, 0.25) is 0 Å². The van der Waals surface area contributed by atoms with Crippen LogP contribution in [0, 0.1) is 0 Å². The van der Waals surface area contributed by atoms with Crippen molar-refractivity contribution in [1.82, 2.24) is 14.3 Å². The zero-order chi connectivity index (χ0) is 14.7. The lowest BCUT2D eigenvalue weighted by Crippen LogP contribution is -2.31. The molecule has 112 valence electrons. The highest BCUT2D eigenvalue weighted by Gasteiger charge is 2.18. The molecular weight excluding hydrogens is 350 g/mol. The van der Waals surface area contributed by atoms with Gasteiger partial charge in [-0.3, -0.25) is 0 Å². The molecule has 5 nitrogen and oxygen atoms in total. The maximum Gasteiger partial charge on any atom is 0.205 e. The van der Waals surface area contributed by atoms with Crippen LogP contribution in [-0.4, -0.2) is 40.5 Å². The Balaban J connectivity index is 1.67. The number of rotatable bonds is 3. The minimum Gasteiger partial charge on any atom is -0.355 e. The molecule has 1 aliphatic heterocycles. The minimum absolute atomic E-state index is 0.902. The van der Waals surface area contributed by atoms with Crippen LogP contribution in [-0.2, 0) is 6.42 Å². The van der Waals surface area contributed by atoms with Crippen molar-refractivity contribution in [1.29, 1.82) is 0 Å². The molecule has 0 spiro atoms. The second-order valence-electron chi connectivity index (χ2n) is 5.01. The van der Waals surface area contributed by atoms with Crippen LogP contribution in [0.4, 0.5) is 10.9 Å². The van der Waals surface area contributed by atoms with Crippen LogP contribution in [0.3, 0.4) is 0 Å². The second kappa shape index (κ2) is 6.70. The first-order chi connectivity index (χ1) is 10.3. The monoisotopic (exact) mass is 367 g/mol. The molecular formula is C14H18BrN5S. The number of anilines is 2. The smallest absolute Gasteiger partial charge is 0.205 e. The van der Waals surface area contributed by atoms with Gasteiger partial charge in [0.05, 0.1) is 0 Å². The normalized spacial score (nSPS) is 16.1. The van der Waals surface area contributed by atoms with Crippen LogP contribution >= 0.6 is 27.5 Å². The third-order valence-corrected chi connectivity index (χ3v) is 4.86. The molecule has 1 aliphatic rings. The molecule has 2 aromatic rings. The number of hydrogen-bond acceptors (Lipinski definition) is 6. The van der Waals surface area contributed by atoms with Crippen LogP contribution in [0.5, 0.6) is 0 Å². The maximum absolute atomic E-state index is 4.60. The summed E-state index contributed by atoms with van der Waals surface area (Å²) in [7, 11) is 0. The van der Waals surface area contributed by atoms with Gasteiger partial charge in [-0.1, -0.05) is 6.92 Å². The molecule has 0 aliphatic carbocycles. The highest BCUT2D eigenvalue weighted by molar-refractivity contribution is 9.10. The summed E-state index contributed by atoms with van der Waals surface area (Å²) < 4.78 is 5.40. The largest absolute Gasteiger partial charge is 0.355 e. The van der Waals surface area contributed by atoms with Crippen molar-refractivity contribution < 1.29 is 0 Å². The van der Waals surface area contributed by atoms with Gasteiger partial charge in [-0.15, -0.1) is 0 Å². The van der Waals surface area contributed by atoms with E-state index in [-0.39, 0.29) is 0 Å². The molecule has 0 bridgehead atoms. The molecule has 21 heavy (non-hydrogen) atoms. The quantitative estimate of drug-likeness (QED) is 0.834. The van der Waals surface area contributed by atoms with Gasteiger partial charge in [-0.05, 0) is 34.5 Å². The average molecular weight is 368 g/mol. The zero-order valence-corrected chi connectivity index (χ0v) is 14.4. The van der Waals surface area contributed by atoms with Gasteiger partial charge in [-0.25, -0.2) is 9.97 Å². The lowest BCUT2D eigenvalue weighted by molar-refractivity contribution is 0.796. The molecule has 0 saturated carbocycles. The number of nitrogens with zero attached hydrogens (tertiary/aromatic N) is 5. The fourth-order valence-electron chi connectivity index (χ4n) is 2.41. The predicted molar refractivity (Wildman–Crippen MR) is 90.3 cm³/mol. The van der Waals surface area contributed by atoms with Crippen molar-refractivity contribution in [3.05, 3.63) is 28.6 Å². The van der Waals surface area contributed by atoms with Crippen LogP contribution in [0.25, 0.3) is 0 Å². The van der Waals surface area contributed by atoms with E-state index in [2.05, 4.69) is 53.1 Å². The van der Waals surface area contributed by atoms with E-state index >= 15 is 0 Å². The number of hydrogen-bond donors (Lipinski definition) is 0. The average Bonchev–Trinajstić information content (AvgIpc) is 2.85. The number of aryl methyl sites for hydroxylation is 1. The van der Waals surface area contributed by atoms with E-state index in [1.807, 2.05) is 12.3 Å². The van der Waals surface area contributed by atoms with E-state index in [1.54, 1.807) is 0 Å². The maximum atomic E-state index is 4.60. The summed E-state index contributed by atoms with van der Waals surface area (Å²) in [5.41, 5.74) is 0. The van der Waals surface area contributed by atoms with Crippen LogP contribution in [0.1, 0.15) is 19.2 Å².